The number of fused-ring (bicyclic) bond motifs is 2. The summed E-state index contributed by atoms with van der Waals surface area (Å²) in [4.78, 5) is 31.3. The predicted molar refractivity (Wildman–Crippen MR) is 108 cm³/mol. The zero-order valence-electron chi connectivity index (χ0n) is 14.7. The molecule has 27 heavy (non-hydrogen) atoms. The zero-order chi connectivity index (χ0) is 18.4. The minimum absolute atomic E-state index is 0.133. The van der Waals surface area contributed by atoms with Gasteiger partial charge in [-0.2, -0.15) is 0 Å². The van der Waals surface area contributed by atoms with E-state index in [0.29, 0.717) is 17.2 Å². The van der Waals surface area contributed by atoms with Gasteiger partial charge in [0.1, 0.15) is 0 Å². The van der Waals surface area contributed by atoms with Gasteiger partial charge in [-0.1, -0.05) is 18.2 Å². The van der Waals surface area contributed by atoms with Crippen molar-refractivity contribution in [1.82, 2.24) is 4.98 Å². The molecule has 0 radical (unpaired) electrons. The lowest BCUT2D eigenvalue weighted by Gasteiger charge is -2.29. The van der Waals surface area contributed by atoms with Gasteiger partial charge in [0.05, 0.1) is 17.1 Å². The van der Waals surface area contributed by atoms with Crippen LogP contribution in [0.2, 0.25) is 0 Å². The molecule has 0 spiro atoms. The fourth-order valence-electron chi connectivity index (χ4n) is 3.47. The van der Waals surface area contributed by atoms with Crippen molar-refractivity contribution < 1.29 is 9.59 Å². The van der Waals surface area contributed by atoms with Gasteiger partial charge in [-0.25, -0.2) is 0 Å². The van der Waals surface area contributed by atoms with Crippen LogP contribution in [-0.2, 0) is 4.79 Å². The van der Waals surface area contributed by atoms with Crippen molar-refractivity contribution in [2.24, 2.45) is 5.92 Å². The third kappa shape index (κ3) is 3.10. The van der Waals surface area contributed by atoms with Crippen LogP contribution >= 0.6 is 11.8 Å². The summed E-state index contributed by atoms with van der Waals surface area (Å²) in [7, 11) is 0. The molecule has 2 aromatic carbocycles. The first-order chi connectivity index (χ1) is 13.2. The summed E-state index contributed by atoms with van der Waals surface area (Å²) in [6, 6.07) is 13.5. The van der Waals surface area contributed by atoms with Crippen LogP contribution in [0.5, 0.6) is 0 Å². The Balaban J connectivity index is 1.44. The number of rotatable bonds is 4. The third-order valence-corrected chi connectivity index (χ3v) is 6.19. The molecule has 5 rings (SSSR count). The molecule has 1 saturated carbocycles. The van der Waals surface area contributed by atoms with Gasteiger partial charge in [-0.15, -0.1) is 11.8 Å². The zero-order valence-corrected chi connectivity index (χ0v) is 15.5. The Bertz CT molecular complexity index is 1050. The first-order valence-corrected chi connectivity index (χ1v) is 10.1. The maximum Gasteiger partial charge on any atom is 0.255 e. The lowest BCUT2D eigenvalue weighted by molar-refractivity contribution is -0.116. The number of carbonyl (C=O) groups excluding carboxylic acids is 2. The minimum Gasteiger partial charge on any atom is -0.359 e. The van der Waals surface area contributed by atoms with Gasteiger partial charge in [0.15, 0.2) is 0 Å². The number of carbonyl (C=O) groups is 2. The Morgan fingerprint density at radius 1 is 1.22 bits per heavy atom. The average molecular weight is 377 g/mol. The topological polar surface area (TPSA) is 65.2 Å². The number of H-pyrrole nitrogens is 1. The van der Waals surface area contributed by atoms with E-state index in [1.807, 2.05) is 47.4 Å². The Morgan fingerprint density at radius 3 is 2.93 bits per heavy atom. The van der Waals surface area contributed by atoms with E-state index in [4.69, 9.17) is 0 Å². The van der Waals surface area contributed by atoms with E-state index < -0.39 is 0 Å². The monoisotopic (exact) mass is 377 g/mol. The van der Waals surface area contributed by atoms with Crippen molar-refractivity contribution in [3.05, 3.63) is 54.2 Å². The summed E-state index contributed by atoms with van der Waals surface area (Å²) >= 11 is 1.55. The first-order valence-electron chi connectivity index (χ1n) is 9.14. The van der Waals surface area contributed by atoms with Crippen LogP contribution in [0.1, 0.15) is 23.2 Å². The second kappa shape index (κ2) is 6.46. The Kier molecular flexibility index (Phi) is 3.93. The van der Waals surface area contributed by atoms with Crippen LogP contribution in [0.3, 0.4) is 0 Å². The van der Waals surface area contributed by atoms with E-state index in [-0.39, 0.29) is 11.8 Å². The standard InChI is InChI=1S/C21H19N3O2S/c25-20-12-27-19-8-7-14(9-18(19)24(20)11-13-5-6-13)21(26)23-17-10-22-16-4-2-1-3-15(16)17/h1-4,7-10,13,22H,5-6,11-12H2,(H,23,26). The molecular weight excluding hydrogens is 358 g/mol. The fourth-order valence-corrected chi connectivity index (χ4v) is 4.39. The summed E-state index contributed by atoms with van der Waals surface area (Å²) < 4.78 is 0. The summed E-state index contributed by atoms with van der Waals surface area (Å²) in [6.07, 6.45) is 4.18. The van der Waals surface area contributed by atoms with Gasteiger partial charge < -0.3 is 15.2 Å². The number of aromatic nitrogens is 1. The van der Waals surface area contributed by atoms with E-state index in [0.717, 1.165) is 33.7 Å². The van der Waals surface area contributed by atoms with E-state index in [9.17, 15) is 9.59 Å². The Morgan fingerprint density at radius 2 is 2.07 bits per heavy atom. The number of thioether (sulfide) groups is 1. The molecule has 2 N–H and O–H groups in total. The number of amides is 2. The average Bonchev–Trinajstić information content (AvgIpc) is 3.43. The van der Waals surface area contributed by atoms with Crippen LogP contribution in [0.15, 0.2) is 53.6 Å². The third-order valence-electron chi connectivity index (χ3n) is 5.14. The van der Waals surface area contributed by atoms with Crippen LogP contribution in [0.4, 0.5) is 11.4 Å². The van der Waals surface area contributed by atoms with Crippen LogP contribution in [0, 0.1) is 5.92 Å². The van der Waals surface area contributed by atoms with Crippen molar-refractivity contribution in [3.63, 3.8) is 0 Å². The van der Waals surface area contributed by atoms with Crippen molar-refractivity contribution in [2.75, 3.05) is 22.5 Å². The second-order valence-corrected chi connectivity index (χ2v) is 8.14. The van der Waals surface area contributed by atoms with Crippen molar-refractivity contribution in [3.8, 4) is 0 Å². The number of para-hydroxylation sites is 1. The molecule has 1 aliphatic heterocycles. The molecule has 1 fully saturated rings. The molecule has 5 nitrogen and oxygen atoms in total. The predicted octanol–water partition coefficient (Wildman–Crippen LogP) is 4.27. The molecule has 1 aliphatic carbocycles. The molecule has 2 heterocycles. The normalized spacial score (nSPS) is 16.4. The molecule has 0 saturated heterocycles. The van der Waals surface area contributed by atoms with E-state index >= 15 is 0 Å². The number of hydrogen-bond acceptors (Lipinski definition) is 3. The molecule has 2 amide bonds. The maximum absolute atomic E-state index is 12.8. The summed E-state index contributed by atoms with van der Waals surface area (Å²) in [5, 5.41) is 3.96. The van der Waals surface area contributed by atoms with E-state index in [1.54, 1.807) is 18.0 Å². The van der Waals surface area contributed by atoms with Crippen molar-refractivity contribution in [2.45, 2.75) is 17.7 Å². The highest BCUT2D eigenvalue weighted by Gasteiger charge is 2.31. The molecule has 0 bridgehead atoms. The van der Waals surface area contributed by atoms with Gasteiger partial charge in [-0.3, -0.25) is 9.59 Å². The summed E-state index contributed by atoms with van der Waals surface area (Å²) in [5.41, 5.74) is 3.18. The molecule has 3 aromatic rings. The van der Waals surface area contributed by atoms with Gasteiger partial charge in [0, 0.05) is 34.1 Å². The SMILES string of the molecule is O=C(Nc1c[nH]c2ccccc12)c1ccc2c(c1)N(CC1CC1)C(=O)CS2. The van der Waals surface area contributed by atoms with Crippen LogP contribution < -0.4 is 10.2 Å². The minimum atomic E-state index is -0.169. The maximum atomic E-state index is 12.8. The Hall–Kier alpha value is -2.73. The molecule has 2 aliphatic rings. The van der Waals surface area contributed by atoms with Gasteiger partial charge in [0.2, 0.25) is 5.91 Å². The quantitative estimate of drug-likeness (QED) is 0.714. The summed E-state index contributed by atoms with van der Waals surface area (Å²) in [5.74, 6) is 1.04. The van der Waals surface area contributed by atoms with Crippen LogP contribution in [0.25, 0.3) is 10.9 Å². The fraction of sp³-hybridized carbons (Fsp3) is 0.238. The van der Waals surface area contributed by atoms with Crippen molar-refractivity contribution in [1.29, 1.82) is 0 Å². The molecule has 0 atom stereocenters. The number of aromatic amines is 1. The van der Waals surface area contributed by atoms with E-state index in [2.05, 4.69) is 10.3 Å². The smallest absolute Gasteiger partial charge is 0.255 e. The van der Waals surface area contributed by atoms with Crippen LogP contribution in [-0.4, -0.2) is 29.1 Å². The molecule has 6 heteroatoms. The largest absolute Gasteiger partial charge is 0.359 e. The number of nitrogens with zero attached hydrogens (tertiary/aromatic N) is 1. The second-order valence-electron chi connectivity index (χ2n) is 7.12. The lowest BCUT2D eigenvalue weighted by Crippen LogP contribution is -2.37. The number of hydrogen-bond donors (Lipinski definition) is 2. The molecule has 1 aromatic heterocycles. The van der Waals surface area contributed by atoms with Gasteiger partial charge in [0.25, 0.3) is 5.91 Å². The lowest BCUT2D eigenvalue weighted by atomic mass is 10.1. The number of nitrogens with one attached hydrogen (secondary N) is 2. The molecule has 136 valence electrons. The highest BCUT2D eigenvalue weighted by molar-refractivity contribution is 8.00. The molecular formula is C21H19N3O2S. The summed E-state index contributed by atoms with van der Waals surface area (Å²) in [6.45, 7) is 0.764. The van der Waals surface area contributed by atoms with Gasteiger partial charge >= 0.3 is 0 Å². The van der Waals surface area contributed by atoms with E-state index in [1.165, 1.54) is 12.8 Å². The Labute approximate surface area is 161 Å². The highest BCUT2D eigenvalue weighted by Crippen LogP contribution is 2.39. The molecule has 0 unspecified atom stereocenters. The van der Waals surface area contributed by atoms with Gasteiger partial charge in [-0.05, 0) is 43.0 Å². The highest BCUT2D eigenvalue weighted by atomic mass is 32.2. The number of benzene rings is 2. The first kappa shape index (κ1) is 16.4. The number of anilines is 2. The van der Waals surface area contributed by atoms with Crippen molar-refractivity contribution >= 4 is 45.9 Å².